The van der Waals surface area contributed by atoms with Gasteiger partial charge in [-0.05, 0) is 0 Å². The zero-order valence-electron chi connectivity index (χ0n) is 6.02. The van der Waals surface area contributed by atoms with E-state index in [9.17, 15) is 35.1 Å². The molecule has 1 aliphatic rings. The smallest absolute Gasteiger partial charge is 0.201 e. The third-order valence-corrected chi connectivity index (χ3v) is 0.871. The van der Waals surface area contributed by atoms with Gasteiger partial charge in [0, 0.05) is 5.73 Å². The van der Waals surface area contributed by atoms with Crippen LogP contribution in [0.4, 0.5) is 35.1 Å². The van der Waals surface area contributed by atoms with Crippen LogP contribution in [0.1, 0.15) is 0 Å². The monoisotopic (exact) mass is 224 g/mol. The minimum Gasteiger partial charge on any atom is -0.201 e. The standard InChI is InChI=1S/2C3F4/c4-1-2(5)3(1,6)7;4-2(5)1-3(6)7. The Kier molecular flexibility index (Phi) is 3.88. The Morgan fingerprint density at radius 3 is 1.07 bits per heavy atom. The fourth-order valence-electron chi connectivity index (χ4n) is 0.255. The van der Waals surface area contributed by atoms with E-state index in [2.05, 4.69) is 0 Å². The van der Waals surface area contributed by atoms with Crippen LogP contribution < -0.4 is 0 Å². The molecule has 0 aromatic rings. The van der Waals surface area contributed by atoms with Crippen molar-refractivity contribution in [2.75, 3.05) is 0 Å². The molecule has 0 radical (unpaired) electrons. The first-order valence-corrected chi connectivity index (χ1v) is 2.76. The van der Waals surface area contributed by atoms with Gasteiger partial charge >= 0.3 is 18.1 Å². The van der Waals surface area contributed by atoms with Gasteiger partial charge in [-0.15, -0.1) is 0 Å². The normalized spacial score (nSPS) is 16.6. The van der Waals surface area contributed by atoms with Crippen LogP contribution in [0, 0.1) is 0 Å². The van der Waals surface area contributed by atoms with E-state index in [0.29, 0.717) is 5.73 Å². The molecule has 0 amide bonds. The van der Waals surface area contributed by atoms with Crippen LogP contribution in [0.2, 0.25) is 0 Å². The largest absolute Gasteiger partial charge is 0.355 e. The van der Waals surface area contributed by atoms with Crippen LogP contribution in [0.5, 0.6) is 0 Å². The SMILES string of the molecule is FC(F)=C=C(F)F.FC1=C(F)C1(F)F. The van der Waals surface area contributed by atoms with Gasteiger partial charge < -0.3 is 0 Å². The highest BCUT2D eigenvalue weighted by molar-refractivity contribution is 5.38. The van der Waals surface area contributed by atoms with Crippen molar-refractivity contribution in [3.05, 3.63) is 29.5 Å². The third-order valence-electron chi connectivity index (χ3n) is 0.871. The van der Waals surface area contributed by atoms with Gasteiger partial charge in [0.05, 0.1) is 0 Å². The minimum atomic E-state index is -3.83. The van der Waals surface area contributed by atoms with E-state index in [1.165, 1.54) is 0 Å². The molecule has 0 aliphatic heterocycles. The molecule has 80 valence electrons. The van der Waals surface area contributed by atoms with Crippen molar-refractivity contribution in [1.29, 1.82) is 0 Å². The Morgan fingerprint density at radius 1 is 0.857 bits per heavy atom. The van der Waals surface area contributed by atoms with Gasteiger partial charge in [-0.2, -0.15) is 26.3 Å². The first kappa shape index (κ1) is 12.7. The second kappa shape index (κ2) is 4.28. The summed E-state index contributed by atoms with van der Waals surface area (Å²) in [6, 6.07) is 0. The zero-order chi connectivity index (χ0) is 11.5. The molecule has 0 bridgehead atoms. The van der Waals surface area contributed by atoms with Crippen molar-refractivity contribution in [2.45, 2.75) is 5.92 Å². The molecule has 0 heterocycles. The average Bonchev–Trinajstić information content (AvgIpc) is 2.37. The molecule has 0 saturated carbocycles. The first-order valence-electron chi connectivity index (χ1n) is 2.76. The number of allylic oxidation sites excluding steroid dienone is 2. The summed E-state index contributed by atoms with van der Waals surface area (Å²) in [5.41, 5.74) is 0.472. The number of alkyl halides is 2. The van der Waals surface area contributed by atoms with Gasteiger partial charge in [0.1, 0.15) is 0 Å². The van der Waals surface area contributed by atoms with E-state index >= 15 is 0 Å². The summed E-state index contributed by atoms with van der Waals surface area (Å²) in [6.45, 7) is 0. The van der Waals surface area contributed by atoms with Crippen LogP contribution in [0.25, 0.3) is 0 Å². The fraction of sp³-hybridized carbons (Fsp3) is 0.167. The van der Waals surface area contributed by atoms with Crippen LogP contribution in [0.15, 0.2) is 29.5 Å². The van der Waals surface area contributed by atoms with Crippen molar-refractivity contribution in [3.63, 3.8) is 0 Å². The third kappa shape index (κ3) is 3.61. The van der Waals surface area contributed by atoms with E-state index in [-0.39, 0.29) is 0 Å². The highest BCUT2D eigenvalue weighted by Crippen LogP contribution is 2.50. The van der Waals surface area contributed by atoms with Gasteiger partial charge in [0.2, 0.25) is 11.7 Å². The summed E-state index contributed by atoms with van der Waals surface area (Å²) in [4.78, 5) is 0. The molecule has 0 aromatic carbocycles. The predicted molar refractivity (Wildman–Crippen MR) is 29.2 cm³/mol. The topological polar surface area (TPSA) is 0 Å². The molecule has 8 heteroatoms. The molecule has 0 N–H and O–H groups in total. The second-order valence-electron chi connectivity index (χ2n) is 1.85. The summed E-state index contributed by atoms with van der Waals surface area (Å²) >= 11 is 0. The van der Waals surface area contributed by atoms with Crippen molar-refractivity contribution in [3.8, 4) is 0 Å². The Balaban J connectivity index is 0.000000241. The van der Waals surface area contributed by atoms with Gasteiger partial charge in [0.15, 0.2) is 0 Å². The maximum atomic E-state index is 11.1. The van der Waals surface area contributed by atoms with Gasteiger partial charge in [-0.3, -0.25) is 0 Å². The van der Waals surface area contributed by atoms with E-state index in [1.807, 2.05) is 0 Å². The van der Waals surface area contributed by atoms with E-state index in [4.69, 9.17) is 0 Å². The van der Waals surface area contributed by atoms with Crippen LogP contribution >= 0.6 is 0 Å². The average molecular weight is 224 g/mol. The molecule has 0 spiro atoms. The lowest BCUT2D eigenvalue weighted by atomic mass is 10.7. The summed E-state index contributed by atoms with van der Waals surface area (Å²) in [6.07, 6.45) is -5.00. The second-order valence-corrected chi connectivity index (χ2v) is 1.85. The molecule has 0 fully saturated rings. The fourth-order valence-corrected chi connectivity index (χ4v) is 0.255. The van der Waals surface area contributed by atoms with E-state index < -0.39 is 29.7 Å². The Bertz CT molecular complexity index is 285. The summed E-state index contributed by atoms with van der Waals surface area (Å²) < 4.78 is 86.6. The van der Waals surface area contributed by atoms with Crippen LogP contribution in [-0.2, 0) is 0 Å². The van der Waals surface area contributed by atoms with Gasteiger partial charge in [-0.1, -0.05) is 0 Å². The van der Waals surface area contributed by atoms with Crippen molar-refractivity contribution < 1.29 is 35.1 Å². The lowest BCUT2D eigenvalue weighted by Crippen LogP contribution is -1.91. The highest BCUT2D eigenvalue weighted by Gasteiger charge is 2.60. The molecule has 14 heavy (non-hydrogen) atoms. The van der Waals surface area contributed by atoms with Crippen LogP contribution in [0.3, 0.4) is 0 Å². The molecular formula is C6F8. The number of hydrogen-bond donors (Lipinski definition) is 0. The molecule has 0 saturated heterocycles. The van der Waals surface area contributed by atoms with Gasteiger partial charge in [0.25, 0.3) is 0 Å². The van der Waals surface area contributed by atoms with E-state index in [0.717, 1.165) is 0 Å². The Morgan fingerprint density at radius 2 is 1.07 bits per heavy atom. The van der Waals surface area contributed by atoms with Crippen LogP contribution in [-0.4, -0.2) is 5.92 Å². The summed E-state index contributed by atoms with van der Waals surface area (Å²) in [5.74, 6) is -7.68. The lowest BCUT2D eigenvalue weighted by molar-refractivity contribution is 0.103. The Hall–Kier alpha value is -1.30. The molecule has 0 unspecified atom stereocenters. The Labute approximate surface area is 71.8 Å². The first-order chi connectivity index (χ1) is 6.19. The van der Waals surface area contributed by atoms with Crippen molar-refractivity contribution >= 4 is 0 Å². The van der Waals surface area contributed by atoms with Gasteiger partial charge in [-0.25, -0.2) is 8.78 Å². The predicted octanol–water partition coefficient (Wildman–Crippen LogP) is 3.93. The quantitative estimate of drug-likeness (QED) is 0.432. The maximum absolute atomic E-state index is 11.1. The molecule has 1 aliphatic carbocycles. The molecule has 0 atom stereocenters. The lowest BCUT2D eigenvalue weighted by Gasteiger charge is -1.82. The summed E-state index contributed by atoms with van der Waals surface area (Å²) in [7, 11) is 0. The highest BCUT2D eigenvalue weighted by atomic mass is 19.3. The number of hydrogen-bond acceptors (Lipinski definition) is 0. The van der Waals surface area contributed by atoms with Crippen molar-refractivity contribution in [2.24, 2.45) is 0 Å². The molecule has 0 nitrogen and oxygen atoms in total. The maximum Gasteiger partial charge on any atom is 0.355 e. The number of rotatable bonds is 0. The zero-order valence-corrected chi connectivity index (χ0v) is 6.02. The number of halogens is 8. The molecule has 0 aromatic heterocycles. The summed E-state index contributed by atoms with van der Waals surface area (Å²) in [5, 5.41) is 0. The van der Waals surface area contributed by atoms with Crippen molar-refractivity contribution in [1.82, 2.24) is 0 Å². The molecule has 1 rings (SSSR count). The molecular weight excluding hydrogens is 224 g/mol. The minimum absolute atomic E-state index is 0.472. The van der Waals surface area contributed by atoms with E-state index in [1.54, 1.807) is 0 Å².